The van der Waals surface area contributed by atoms with Gasteiger partial charge in [0, 0.05) is 6.20 Å². The van der Waals surface area contributed by atoms with Crippen LogP contribution in [0.4, 0.5) is 11.5 Å². The first-order chi connectivity index (χ1) is 9.94. The maximum Gasteiger partial charge on any atom is 0.265 e. The van der Waals surface area contributed by atoms with Crippen molar-refractivity contribution in [1.82, 2.24) is 4.98 Å². The van der Waals surface area contributed by atoms with Gasteiger partial charge >= 0.3 is 0 Å². The number of pyridine rings is 1. The Balaban J connectivity index is 2.29. The van der Waals surface area contributed by atoms with Gasteiger partial charge in [0.1, 0.15) is 16.5 Å². The number of aromatic nitrogens is 1. The van der Waals surface area contributed by atoms with E-state index in [-0.39, 0.29) is 10.7 Å². The summed E-state index contributed by atoms with van der Waals surface area (Å²) in [5.74, 6) is 0.421. The van der Waals surface area contributed by atoms with E-state index in [2.05, 4.69) is 9.71 Å². The van der Waals surface area contributed by atoms with Gasteiger partial charge in [0.25, 0.3) is 10.0 Å². The average molecular weight is 328 g/mol. The van der Waals surface area contributed by atoms with E-state index in [1.165, 1.54) is 24.4 Å². The molecular formula is C13H14ClN3O3S. The zero-order valence-corrected chi connectivity index (χ0v) is 12.8. The van der Waals surface area contributed by atoms with Crippen molar-refractivity contribution in [2.24, 2.45) is 0 Å². The van der Waals surface area contributed by atoms with Crippen molar-refractivity contribution >= 4 is 33.1 Å². The van der Waals surface area contributed by atoms with Crippen LogP contribution in [-0.2, 0) is 10.0 Å². The second-order valence-corrected chi connectivity index (χ2v) is 6.13. The molecular weight excluding hydrogens is 314 g/mol. The van der Waals surface area contributed by atoms with Gasteiger partial charge < -0.3 is 10.5 Å². The molecule has 2 aromatic rings. The van der Waals surface area contributed by atoms with Crippen LogP contribution < -0.4 is 15.2 Å². The minimum absolute atomic E-state index is 0.0676. The predicted molar refractivity (Wildman–Crippen MR) is 82.1 cm³/mol. The SMILES string of the molecule is CCOc1ccc(NS(=O)(=O)c2cccnc2N)cc1Cl. The molecule has 0 radical (unpaired) electrons. The molecule has 0 aliphatic carbocycles. The van der Waals surface area contributed by atoms with Gasteiger partial charge in [-0.1, -0.05) is 11.6 Å². The van der Waals surface area contributed by atoms with Crippen molar-refractivity contribution in [2.45, 2.75) is 11.8 Å². The Morgan fingerprint density at radius 3 is 2.76 bits per heavy atom. The summed E-state index contributed by atoms with van der Waals surface area (Å²) in [7, 11) is -3.82. The van der Waals surface area contributed by atoms with Crippen LogP contribution in [0, 0.1) is 0 Å². The highest BCUT2D eigenvalue weighted by Crippen LogP contribution is 2.29. The van der Waals surface area contributed by atoms with Crippen LogP contribution in [0.3, 0.4) is 0 Å². The Morgan fingerprint density at radius 2 is 2.14 bits per heavy atom. The third-order valence-electron chi connectivity index (χ3n) is 2.57. The molecule has 0 amide bonds. The quantitative estimate of drug-likeness (QED) is 0.880. The lowest BCUT2D eigenvalue weighted by Gasteiger charge is -2.11. The monoisotopic (exact) mass is 327 g/mol. The third kappa shape index (κ3) is 3.56. The Hall–Kier alpha value is -1.99. The minimum atomic E-state index is -3.82. The molecule has 0 atom stereocenters. The van der Waals surface area contributed by atoms with Gasteiger partial charge in [0.05, 0.1) is 17.3 Å². The van der Waals surface area contributed by atoms with Crippen molar-refractivity contribution in [3.8, 4) is 5.75 Å². The Morgan fingerprint density at radius 1 is 1.38 bits per heavy atom. The predicted octanol–water partition coefficient (Wildman–Crippen LogP) is 2.52. The lowest BCUT2D eigenvalue weighted by molar-refractivity contribution is 0.340. The summed E-state index contributed by atoms with van der Waals surface area (Å²) >= 11 is 6.02. The molecule has 0 unspecified atom stereocenters. The average Bonchev–Trinajstić information content (AvgIpc) is 2.42. The van der Waals surface area contributed by atoms with E-state index >= 15 is 0 Å². The normalized spacial score (nSPS) is 11.1. The molecule has 1 heterocycles. The number of nitrogens with two attached hydrogens (primary N) is 1. The number of nitrogen functional groups attached to an aromatic ring is 1. The van der Waals surface area contributed by atoms with Gasteiger partial charge in [-0.15, -0.1) is 0 Å². The minimum Gasteiger partial charge on any atom is -0.492 e. The number of ether oxygens (including phenoxy) is 1. The molecule has 0 aliphatic heterocycles. The third-order valence-corrected chi connectivity index (χ3v) is 4.30. The fourth-order valence-electron chi connectivity index (χ4n) is 1.68. The summed E-state index contributed by atoms with van der Waals surface area (Å²) in [5, 5.41) is 0.316. The number of hydrogen-bond donors (Lipinski definition) is 2. The number of anilines is 2. The summed E-state index contributed by atoms with van der Waals surface area (Å²) in [5.41, 5.74) is 5.89. The standard InChI is InChI=1S/C13H14ClN3O3S/c1-2-20-11-6-5-9(8-10(11)14)17-21(18,19)12-4-3-7-16-13(12)15/h3-8,17H,2H2,1H3,(H2,15,16). The molecule has 112 valence electrons. The first-order valence-corrected chi connectivity index (χ1v) is 7.96. The van der Waals surface area contributed by atoms with Gasteiger partial charge in [-0.2, -0.15) is 0 Å². The van der Waals surface area contributed by atoms with Gasteiger partial charge in [-0.3, -0.25) is 4.72 Å². The molecule has 1 aromatic heterocycles. The van der Waals surface area contributed by atoms with Crippen LogP contribution in [0.15, 0.2) is 41.4 Å². The first kappa shape index (κ1) is 15.4. The largest absolute Gasteiger partial charge is 0.492 e. The molecule has 1 aromatic carbocycles. The number of hydrogen-bond acceptors (Lipinski definition) is 5. The summed E-state index contributed by atoms with van der Waals surface area (Å²) < 4.78 is 32.2. The second kappa shape index (κ2) is 6.19. The molecule has 0 bridgehead atoms. The van der Waals surface area contributed by atoms with Crippen LogP contribution in [-0.4, -0.2) is 20.0 Å². The molecule has 2 rings (SSSR count). The fourth-order valence-corrected chi connectivity index (χ4v) is 3.05. The van der Waals surface area contributed by atoms with Crippen LogP contribution in [0.25, 0.3) is 0 Å². The molecule has 3 N–H and O–H groups in total. The maximum absolute atomic E-state index is 12.2. The lowest BCUT2D eigenvalue weighted by atomic mass is 10.3. The summed E-state index contributed by atoms with van der Waals surface area (Å²) in [6.07, 6.45) is 1.42. The molecule has 0 aliphatic rings. The summed E-state index contributed by atoms with van der Waals surface area (Å²) in [6.45, 7) is 2.30. The van der Waals surface area contributed by atoms with Crippen LogP contribution in [0.1, 0.15) is 6.92 Å². The van der Waals surface area contributed by atoms with E-state index in [0.717, 1.165) is 0 Å². The van der Waals surface area contributed by atoms with Crippen molar-refractivity contribution in [3.05, 3.63) is 41.6 Å². The van der Waals surface area contributed by atoms with Crippen molar-refractivity contribution in [3.63, 3.8) is 0 Å². The van der Waals surface area contributed by atoms with Crippen molar-refractivity contribution in [2.75, 3.05) is 17.1 Å². The number of sulfonamides is 1. The Kier molecular flexibility index (Phi) is 4.54. The first-order valence-electron chi connectivity index (χ1n) is 6.09. The highest BCUT2D eigenvalue weighted by Gasteiger charge is 2.18. The summed E-state index contributed by atoms with van der Waals surface area (Å²) in [4.78, 5) is 3.67. The molecule has 6 nitrogen and oxygen atoms in total. The highest BCUT2D eigenvalue weighted by atomic mass is 35.5. The van der Waals surface area contributed by atoms with Crippen molar-refractivity contribution in [1.29, 1.82) is 0 Å². The van der Waals surface area contributed by atoms with Crippen LogP contribution in [0.5, 0.6) is 5.75 Å². The van der Waals surface area contributed by atoms with Crippen molar-refractivity contribution < 1.29 is 13.2 Å². The van der Waals surface area contributed by atoms with Crippen LogP contribution >= 0.6 is 11.6 Å². The lowest BCUT2D eigenvalue weighted by Crippen LogP contribution is -2.15. The van der Waals surface area contributed by atoms with Crippen LogP contribution in [0.2, 0.25) is 5.02 Å². The van der Waals surface area contributed by atoms with Gasteiger partial charge in [0.2, 0.25) is 0 Å². The van der Waals surface area contributed by atoms with Gasteiger partial charge in [-0.05, 0) is 37.3 Å². The molecule has 0 saturated carbocycles. The highest BCUT2D eigenvalue weighted by molar-refractivity contribution is 7.92. The van der Waals surface area contributed by atoms with E-state index in [9.17, 15) is 8.42 Å². The topological polar surface area (TPSA) is 94.3 Å². The molecule has 0 saturated heterocycles. The van der Waals surface area contributed by atoms with Gasteiger partial charge in [-0.25, -0.2) is 13.4 Å². The molecule has 8 heteroatoms. The maximum atomic E-state index is 12.2. The number of benzene rings is 1. The smallest absolute Gasteiger partial charge is 0.265 e. The molecule has 0 spiro atoms. The number of rotatable bonds is 5. The van der Waals surface area contributed by atoms with E-state index in [4.69, 9.17) is 22.1 Å². The molecule has 0 fully saturated rings. The number of nitrogens with one attached hydrogen (secondary N) is 1. The summed E-state index contributed by atoms with van der Waals surface area (Å²) in [6, 6.07) is 7.49. The zero-order valence-electron chi connectivity index (χ0n) is 11.2. The Bertz CT molecular complexity index is 750. The zero-order chi connectivity index (χ0) is 15.5. The van der Waals surface area contributed by atoms with E-state index in [0.29, 0.717) is 23.1 Å². The fraction of sp³-hybridized carbons (Fsp3) is 0.154. The Labute approximate surface area is 128 Å². The van der Waals surface area contributed by atoms with E-state index in [1.54, 1.807) is 12.1 Å². The second-order valence-electron chi connectivity index (χ2n) is 4.07. The van der Waals surface area contributed by atoms with E-state index < -0.39 is 10.0 Å². The van der Waals surface area contributed by atoms with Gasteiger partial charge in [0.15, 0.2) is 0 Å². The van der Waals surface area contributed by atoms with E-state index in [1.807, 2.05) is 6.92 Å². The number of halogens is 1. The number of nitrogens with zero attached hydrogens (tertiary/aromatic N) is 1. The molecule has 21 heavy (non-hydrogen) atoms.